The smallest absolute Gasteiger partial charge is 0.416 e. The van der Waals surface area contributed by atoms with Crippen LogP contribution in [0.2, 0.25) is 0 Å². The monoisotopic (exact) mass is 542 g/mol. The molecule has 39 heavy (non-hydrogen) atoms. The van der Waals surface area contributed by atoms with Gasteiger partial charge in [-0.15, -0.1) is 0 Å². The van der Waals surface area contributed by atoms with Crippen LogP contribution in [0.25, 0.3) is 34.0 Å². The number of carbonyl (C=O) groups excluding carboxylic acids is 1. The fraction of sp³-hybridized carbons (Fsp3) is 0.240. The zero-order chi connectivity index (χ0) is 28.2. The Labute approximate surface area is 221 Å². The molecular formula is C25H25F3N8O3. The van der Waals surface area contributed by atoms with Crippen LogP contribution in [0.4, 0.5) is 29.7 Å². The van der Waals surface area contributed by atoms with Crippen LogP contribution in [0.1, 0.15) is 12.5 Å². The number of aromatic nitrogens is 5. The molecule has 4 rings (SSSR count). The fourth-order valence-electron chi connectivity index (χ4n) is 3.61. The summed E-state index contributed by atoms with van der Waals surface area (Å²) < 4.78 is 49.1. The third-order valence-electron chi connectivity index (χ3n) is 5.59. The molecule has 204 valence electrons. The van der Waals surface area contributed by atoms with Crippen molar-refractivity contribution in [2.75, 3.05) is 31.8 Å². The number of nitrogens with zero attached hydrogens (tertiary/aromatic N) is 4. The maximum Gasteiger partial charge on any atom is 0.416 e. The van der Waals surface area contributed by atoms with Crippen molar-refractivity contribution in [3.63, 3.8) is 0 Å². The van der Waals surface area contributed by atoms with Crippen molar-refractivity contribution in [1.82, 2.24) is 30.2 Å². The van der Waals surface area contributed by atoms with Crippen molar-refractivity contribution in [3.05, 3.63) is 54.4 Å². The molecule has 1 aromatic carbocycles. The number of alkyl carbamates (subject to hydrolysis) is 1. The molecule has 1 unspecified atom stereocenters. The number of halogens is 3. The summed E-state index contributed by atoms with van der Waals surface area (Å²) in [5.41, 5.74) is 7.39. The minimum atomic E-state index is -4.46. The average Bonchev–Trinajstić information content (AvgIpc) is 3.37. The summed E-state index contributed by atoms with van der Waals surface area (Å²) in [4.78, 5) is 32.2. The standard InChI is InChI=1S/C25H25F3N8O3/c1-13(33-24(37)39-3)11-32-23-30-9-8-17(34-23)20-19(15-10-18(38-2)21(29)31-12-15)35-22(36-20)14-4-6-16(7-5-14)25(26,27)28/h4-10,12-13H,11H2,1-3H3,(H2,29,31)(H,33,37)(H,35,36)(H,30,32,34). The summed E-state index contributed by atoms with van der Waals surface area (Å²) in [6.45, 7) is 2.09. The van der Waals surface area contributed by atoms with Crippen molar-refractivity contribution >= 4 is 17.9 Å². The summed E-state index contributed by atoms with van der Waals surface area (Å²) in [5.74, 6) is 1.10. The van der Waals surface area contributed by atoms with Crippen LogP contribution in [-0.4, -0.2) is 57.8 Å². The molecule has 0 saturated carbocycles. The second-order valence-electron chi connectivity index (χ2n) is 8.38. The van der Waals surface area contributed by atoms with E-state index in [-0.39, 0.29) is 17.8 Å². The predicted molar refractivity (Wildman–Crippen MR) is 138 cm³/mol. The highest BCUT2D eigenvalue weighted by molar-refractivity contribution is 5.81. The molecule has 3 heterocycles. The number of benzene rings is 1. The summed E-state index contributed by atoms with van der Waals surface area (Å²) in [5, 5.41) is 5.68. The molecule has 0 radical (unpaired) electrons. The quantitative estimate of drug-likeness (QED) is 0.254. The Kier molecular flexibility index (Phi) is 7.83. The number of aromatic amines is 1. The number of nitrogens with one attached hydrogen (secondary N) is 3. The van der Waals surface area contributed by atoms with E-state index < -0.39 is 17.8 Å². The number of methoxy groups -OCH3 is 2. The van der Waals surface area contributed by atoms with E-state index in [1.54, 1.807) is 19.1 Å². The van der Waals surface area contributed by atoms with E-state index in [2.05, 4.69) is 40.3 Å². The molecule has 11 nitrogen and oxygen atoms in total. The predicted octanol–water partition coefficient (Wildman–Crippen LogP) is 4.36. The van der Waals surface area contributed by atoms with Gasteiger partial charge < -0.3 is 30.8 Å². The third-order valence-corrected chi connectivity index (χ3v) is 5.59. The summed E-state index contributed by atoms with van der Waals surface area (Å²) in [7, 11) is 2.73. The van der Waals surface area contributed by atoms with Crippen LogP contribution < -0.4 is 21.1 Å². The molecule has 0 saturated heterocycles. The lowest BCUT2D eigenvalue weighted by Gasteiger charge is -2.14. The van der Waals surface area contributed by atoms with E-state index in [4.69, 9.17) is 10.5 Å². The normalized spacial score (nSPS) is 12.1. The van der Waals surface area contributed by atoms with Gasteiger partial charge in [0, 0.05) is 36.1 Å². The molecule has 0 aliphatic heterocycles. The number of hydrogen-bond acceptors (Lipinski definition) is 9. The molecule has 3 aromatic heterocycles. The Balaban J connectivity index is 1.72. The number of carbonyl (C=O) groups is 1. The molecule has 0 aliphatic carbocycles. The number of pyridine rings is 1. The minimum absolute atomic E-state index is 0.185. The molecular weight excluding hydrogens is 517 g/mol. The Bertz CT molecular complexity index is 1460. The van der Waals surface area contributed by atoms with Crippen LogP contribution in [0.3, 0.4) is 0 Å². The highest BCUT2D eigenvalue weighted by Gasteiger charge is 2.30. The van der Waals surface area contributed by atoms with Crippen molar-refractivity contribution in [1.29, 1.82) is 0 Å². The maximum absolute atomic E-state index is 13.1. The molecule has 4 aromatic rings. The van der Waals surface area contributed by atoms with Gasteiger partial charge in [0.1, 0.15) is 11.5 Å². The van der Waals surface area contributed by atoms with Crippen LogP contribution >= 0.6 is 0 Å². The second-order valence-corrected chi connectivity index (χ2v) is 8.38. The average molecular weight is 543 g/mol. The number of hydrogen-bond donors (Lipinski definition) is 4. The molecule has 0 bridgehead atoms. The summed E-state index contributed by atoms with van der Waals surface area (Å²) in [6, 6.07) is 7.66. The van der Waals surface area contributed by atoms with Gasteiger partial charge in [-0.3, -0.25) is 0 Å². The number of amides is 1. The maximum atomic E-state index is 13.1. The van der Waals surface area contributed by atoms with Gasteiger partial charge >= 0.3 is 12.3 Å². The lowest BCUT2D eigenvalue weighted by molar-refractivity contribution is -0.137. The first kappa shape index (κ1) is 27.2. The highest BCUT2D eigenvalue weighted by atomic mass is 19.4. The zero-order valence-electron chi connectivity index (χ0n) is 21.1. The van der Waals surface area contributed by atoms with Gasteiger partial charge in [0.2, 0.25) is 5.95 Å². The molecule has 0 fully saturated rings. The number of alkyl halides is 3. The van der Waals surface area contributed by atoms with Gasteiger partial charge in [0.25, 0.3) is 0 Å². The Morgan fingerprint density at radius 2 is 1.85 bits per heavy atom. The molecule has 0 spiro atoms. The van der Waals surface area contributed by atoms with Crippen molar-refractivity contribution in [3.8, 4) is 39.8 Å². The number of nitrogens with two attached hydrogens (primary N) is 1. The number of H-pyrrole nitrogens is 1. The van der Waals surface area contributed by atoms with Gasteiger partial charge in [-0.2, -0.15) is 13.2 Å². The topological polar surface area (TPSA) is 153 Å². The van der Waals surface area contributed by atoms with Crippen LogP contribution in [0.5, 0.6) is 5.75 Å². The van der Waals surface area contributed by atoms with Crippen molar-refractivity contribution in [2.24, 2.45) is 0 Å². The molecule has 14 heteroatoms. The first-order chi connectivity index (χ1) is 18.6. The van der Waals surface area contributed by atoms with Crippen molar-refractivity contribution < 1.29 is 27.4 Å². The highest BCUT2D eigenvalue weighted by Crippen LogP contribution is 2.36. The molecule has 0 aliphatic rings. The van der Waals surface area contributed by atoms with Crippen LogP contribution in [-0.2, 0) is 10.9 Å². The van der Waals surface area contributed by atoms with Gasteiger partial charge in [0.15, 0.2) is 11.6 Å². The summed E-state index contributed by atoms with van der Waals surface area (Å²) >= 11 is 0. The summed E-state index contributed by atoms with van der Waals surface area (Å²) in [6.07, 6.45) is -1.98. The van der Waals surface area contributed by atoms with E-state index in [1.165, 1.54) is 38.7 Å². The van der Waals surface area contributed by atoms with Gasteiger partial charge in [-0.25, -0.2) is 24.7 Å². The number of imidazole rings is 1. The first-order valence-electron chi connectivity index (χ1n) is 11.6. The minimum Gasteiger partial charge on any atom is -0.493 e. The Morgan fingerprint density at radius 3 is 2.51 bits per heavy atom. The lowest BCUT2D eigenvalue weighted by atomic mass is 10.1. The van der Waals surface area contributed by atoms with E-state index >= 15 is 0 Å². The number of anilines is 2. The van der Waals surface area contributed by atoms with Gasteiger partial charge in [-0.1, -0.05) is 12.1 Å². The second kappa shape index (κ2) is 11.2. The third kappa shape index (κ3) is 6.34. The zero-order valence-corrected chi connectivity index (χ0v) is 21.1. The lowest BCUT2D eigenvalue weighted by Crippen LogP contribution is -2.37. The SMILES string of the molecule is COC(=O)NC(C)CNc1nccc(-c2[nH]c(-c3ccc(C(F)(F)F)cc3)nc2-c2cnc(N)c(OC)c2)n1. The largest absolute Gasteiger partial charge is 0.493 e. The van der Waals surface area contributed by atoms with Crippen molar-refractivity contribution in [2.45, 2.75) is 19.1 Å². The van der Waals surface area contributed by atoms with E-state index in [9.17, 15) is 18.0 Å². The molecule has 1 atom stereocenters. The molecule has 1 amide bonds. The van der Waals surface area contributed by atoms with Crippen LogP contribution in [0, 0.1) is 0 Å². The van der Waals surface area contributed by atoms with Gasteiger partial charge in [0.05, 0.1) is 31.2 Å². The Hall–Kier alpha value is -4.88. The van der Waals surface area contributed by atoms with E-state index in [0.29, 0.717) is 46.3 Å². The fourth-order valence-corrected chi connectivity index (χ4v) is 3.61. The number of rotatable bonds is 8. The van der Waals surface area contributed by atoms with E-state index in [0.717, 1.165) is 12.1 Å². The van der Waals surface area contributed by atoms with Gasteiger partial charge in [-0.05, 0) is 31.2 Å². The number of nitrogen functional groups attached to an aromatic ring is 1. The number of ether oxygens (including phenoxy) is 2. The molecule has 5 N–H and O–H groups in total. The van der Waals surface area contributed by atoms with E-state index in [1.807, 2.05) is 0 Å². The first-order valence-corrected chi connectivity index (χ1v) is 11.6. The van der Waals surface area contributed by atoms with Crippen LogP contribution in [0.15, 0.2) is 48.8 Å². The Morgan fingerprint density at radius 1 is 1.10 bits per heavy atom.